The number of nitriles is 1. The van der Waals surface area contributed by atoms with Gasteiger partial charge < -0.3 is 9.84 Å². The van der Waals surface area contributed by atoms with Crippen molar-refractivity contribution in [1.29, 1.82) is 5.26 Å². The molecule has 0 radical (unpaired) electrons. The number of carboxylic acid groups (broad SMARTS) is 1. The van der Waals surface area contributed by atoms with E-state index in [1.807, 2.05) is 0 Å². The molecule has 1 rings (SSSR count). The number of rotatable bonds is 3. The van der Waals surface area contributed by atoms with Gasteiger partial charge in [0.1, 0.15) is 11.8 Å². The smallest absolute Gasteiger partial charge is 0.478 e. The van der Waals surface area contributed by atoms with Gasteiger partial charge in [0, 0.05) is 0 Å². The average molecular weight is 259 g/mol. The highest BCUT2D eigenvalue weighted by Crippen LogP contribution is 2.31. The summed E-state index contributed by atoms with van der Waals surface area (Å²) in [6, 6.07) is 3.41. The Bertz CT molecular complexity index is 517. The van der Waals surface area contributed by atoms with E-state index in [4.69, 9.17) is 10.4 Å². The van der Waals surface area contributed by atoms with Gasteiger partial charge in [-0.2, -0.15) is 5.26 Å². The molecule has 1 aromatic rings. The van der Waals surface area contributed by atoms with Crippen LogP contribution < -0.4 is 4.74 Å². The van der Waals surface area contributed by atoms with E-state index in [2.05, 4.69) is 4.74 Å². The minimum atomic E-state index is -4.93. The first-order valence-corrected chi connectivity index (χ1v) is 4.84. The number of carbonyl (C=O) groups is 1. The number of ether oxygens (including phenoxy) is 1. The van der Waals surface area contributed by atoms with Crippen molar-refractivity contribution in [3.05, 3.63) is 28.8 Å². The fraction of sp³-hybridized carbons (Fsp3) is 0.273. The summed E-state index contributed by atoms with van der Waals surface area (Å²) in [7, 11) is 0. The lowest BCUT2D eigenvalue weighted by molar-refractivity contribution is -0.275. The highest BCUT2D eigenvalue weighted by Gasteiger charge is 2.33. The molecule has 0 aliphatic carbocycles. The molecule has 1 aromatic carbocycles. The highest BCUT2D eigenvalue weighted by atomic mass is 19.4. The maximum atomic E-state index is 12.2. The number of hydrogen-bond donors (Lipinski definition) is 1. The minimum absolute atomic E-state index is 0.0174. The Balaban J connectivity index is 3.41. The van der Waals surface area contributed by atoms with E-state index >= 15 is 0 Å². The molecular formula is C11H8F3NO3. The molecule has 0 aliphatic rings. The lowest BCUT2D eigenvalue weighted by atomic mass is 10.0. The summed E-state index contributed by atoms with van der Waals surface area (Å²) in [4.78, 5) is 10.8. The molecule has 96 valence electrons. The topological polar surface area (TPSA) is 70.3 Å². The van der Waals surface area contributed by atoms with Crippen molar-refractivity contribution in [1.82, 2.24) is 0 Å². The maximum Gasteiger partial charge on any atom is 0.573 e. The van der Waals surface area contributed by atoms with Gasteiger partial charge in [-0.05, 0) is 24.1 Å². The first kappa shape index (κ1) is 13.8. The molecule has 0 bridgehead atoms. The summed E-state index contributed by atoms with van der Waals surface area (Å²) < 4.78 is 40.3. The second-order valence-electron chi connectivity index (χ2n) is 3.33. The van der Waals surface area contributed by atoms with Crippen LogP contribution in [0.25, 0.3) is 0 Å². The minimum Gasteiger partial charge on any atom is -0.478 e. The fourth-order valence-electron chi connectivity index (χ4n) is 1.39. The number of benzene rings is 1. The van der Waals surface area contributed by atoms with Gasteiger partial charge in [-0.3, -0.25) is 0 Å². The normalized spacial score (nSPS) is 10.8. The monoisotopic (exact) mass is 259 g/mol. The SMILES string of the molecule is CCc1cc(C(=O)O)cc(C#N)c1OC(F)(F)F. The van der Waals surface area contributed by atoms with Gasteiger partial charge in [0.15, 0.2) is 0 Å². The second kappa shape index (κ2) is 4.96. The number of carboxylic acids is 1. The zero-order chi connectivity index (χ0) is 13.9. The fourth-order valence-corrected chi connectivity index (χ4v) is 1.39. The Morgan fingerprint density at radius 1 is 1.50 bits per heavy atom. The molecule has 0 unspecified atom stereocenters. The Morgan fingerprint density at radius 3 is 2.50 bits per heavy atom. The van der Waals surface area contributed by atoms with Crippen molar-refractivity contribution in [2.24, 2.45) is 0 Å². The van der Waals surface area contributed by atoms with Crippen LogP contribution in [0.4, 0.5) is 13.2 Å². The Labute approximate surface area is 100 Å². The van der Waals surface area contributed by atoms with Crippen LogP contribution in [-0.2, 0) is 6.42 Å². The van der Waals surface area contributed by atoms with E-state index in [1.165, 1.54) is 13.0 Å². The van der Waals surface area contributed by atoms with Crippen LogP contribution in [0.2, 0.25) is 0 Å². The molecule has 0 heterocycles. The lowest BCUT2D eigenvalue weighted by Crippen LogP contribution is -2.19. The molecule has 0 atom stereocenters. The van der Waals surface area contributed by atoms with Crippen LogP contribution in [0.5, 0.6) is 5.75 Å². The third-order valence-electron chi connectivity index (χ3n) is 2.13. The molecule has 0 saturated heterocycles. The first-order valence-electron chi connectivity index (χ1n) is 4.84. The molecule has 0 spiro atoms. The Kier molecular flexibility index (Phi) is 3.81. The number of aryl methyl sites for hydroxylation is 1. The van der Waals surface area contributed by atoms with Crippen molar-refractivity contribution < 1.29 is 27.8 Å². The molecule has 4 nitrogen and oxygen atoms in total. The van der Waals surface area contributed by atoms with Crippen molar-refractivity contribution >= 4 is 5.97 Å². The highest BCUT2D eigenvalue weighted by molar-refractivity contribution is 5.89. The van der Waals surface area contributed by atoms with E-state index in [0.717, 1.165) is 12.1 Å². The molecule has 18 heavy (non-hydrogen) atoms. The molecule has 0 amide bonds. The predicted octanol–water partition coefficient (Wildman–Crippen LogP) is 2.72. The van der Waals surface area contributed by atoms with E-state index < -0.39 is 23.6 Å². The third kappa shape index (κ3) is 3.13. The largest absolute Gasteiger partial charge is 0.573 e. The van der Waals surface area contributed by atoms with E-state index in [0.29, 0.717) is 0 Å². The summed E-state index contributed by atoms with van der Waals surface area (Å²) in [6.45, 7) is 1.53. The quantitative estimate of drug-likeness (QED) is 0.905. The van der Waals surface area contributed by atoms with Crippen LogP contribution in [0.1, 0.15) is 28.4 Å². The molecule has 0 aromatic heterocycles. The number of nitrogens with zero attached hydrogens (tertiary/aromatic N) is 1. The molecular weight excluding hydrogens is 251 g/mol. The van der Waals surface area contributed by atoms with Gasteiger partial charge in [0.2, 0.25) is 0 Å². The summed E-state index contributed by atoms with van der Waals surface area (Å²) >= 11 is 0. The van der Waals surface area contributed by atoms with Crippen LogP contribution in [-0.4, -0.2) is 17.4 Å². The van der Waals surface area contributed by atoms with Gasteiger partial charge in [-0.1, -0.05) is 6.92 Å². The van der Waals surface area contributed by atoms with Gasteiger partial charge >= 0.3 is 12.3 Å². The average Bonchev–Trinajstić information content (AvgIpc) is 2.26. The van der Waals surface area contributed by atoms with Gasteiger partial charge in [-0.15, -0.1) is 13.2 Å². The Morgan fingerprint density at radius 2 is 2.11 bits per heavy atom. The standard InChI is InChI=1S/C11H8F3NO3/c1-2-6-3-7(10(16)17)4-8(5-15)9(6)18-11(12,13)14/h3-4H,2H2,1H3,(H,16,17). The number of alkyl halides is 3. The van der Waals surface area contributed by atoms with Crippen LogP contribution in [0.15, 0.2) is 12.1 Å². The van der Waals surface area contributed by atoms with Crippen LogP contribution in [0, 0.1) is 11.3 Å². The zero-order valence-corrected chi connectivity index (χ0v) is 9.21. The lowest BCUT2D eigenvalue weighted by Gasteiger charge is -2.14. The second-order valence-corrected chi connectivity index (χ2v) is 3.33. The van der Waals surface area contributed by atoms with E-state index in [-0.39, 0.29) is 17.5 Å². The summed E-state index contributed by atoms with van der Waals surface area (Å²) in [5.74, 6) is -1.96. The summed E-state index contributed by atoms with van der Waals surface area (Å²) in [5.41, 5.74) is -0.689. The van der Waals surface area contributed by atoms with Gasteiger partial charge in [0.05, 0.1) is 11.1 Å². The van der Waals surface area contributed by atoms with Gasteiger partial charge in [0.25, 0.3) is 0 Å². The maximum absolute atomic E-state index is 12.2. The molecule has 7 heteroatoms. The van der Waals surface area contributed by atoms with Crippen LogP contribution >= 0.6 is 0 Å². The van der Waals surface area contributed by atoms with E-state index in [9.17, 15) is 18.0 Å². The molecule has 1 N–H and O–H groups in total. The first-order chi connectivity index (χ1) is 8.28. The van der Waals surface area contributed by atoms with Crippen molar-refractivity contribution in [2.45, 2.75) is 19.7 Å². The summed E-state index contributed by atoms with van der Waals surface area (Å²) in [5, 5.41) is 17.5. The summed E-state index contributed by atoms with van der Waals surface area (Å²) in [6.07, 6.45) is -4.82. The number of halogens is 3. The molecule has 0 aliphatic heterocycles. The third-order valence-corrected chi connectivity index (χ3v) is 2.13. The van der Waals surface area contributed by atoms with Gasteiger partial charge in [-0.25, -0.2) is 4.79 Å². The molecule has 0 fully saturated rings. The molecule has 0 saturated carbocycles. The van der Waals surface area contributed by atoms with Crippen molar-refractivity contribution in [3.63, 3.8) is 0 Å². The number of aromatic carboxylic acids is 1. The van der Waals surface area contributed by atoms with Crippen LogP contribution in [0.3, 0.4) is 0 Å². The zero-order valence-electron chi connectivity index (χ0n) is 9.21. The van der Waals surface area contributed by atoms with Crippen molar-refractivity contribution in [2.75, 3.05) is 0 Å². The predicted molar refractivity (Wildman–Crippen MR) is 54.2 cm³/mol. The Hall–Kier alpha value is -2.23. The van der Waals surface area contributed by atoms with E-state index in [1.54, 1.807) is 0 Å². The number of hydrogen-bond acceptors (Lipinski definition) is 3. The van der Waals surface area contributed by atoms with Crippen molar-refractivity contribution in [3.8, 4) is 11.8 Å².